The number of nitriles is 1. The summed E-state index contributed by atoms with van der Waals surface area (Å²) in [5, 5.41) is 18.9. The van der Waals surface area contributed by atoms with Gasteiger partial charge in [-0.15, -0.1) is 4.36 Å². The van der Waals surface area contributed by atoms with Gasteiger partial charge in [0.05, 0.1) is 19.6 Å². The van der Waals surface area contributed by atoms with E-state index in [0.29, 0.717) is 16.9 Å². The Hall–Kier alpha value is -3.37. The highest BCUT2D eigenvalue weighted by Crippen LogP contribution is 2.36. The zero-order valence-corrected chi connectivity index (χ0v) is 15.3. The minimum absolute atomic E-state index is 0.0674. The molecular weight excluding hydrogens is 364 g/mol. The highest BCUT2D eigenvalue weighted by Gasteiger charge is 2.22. The summed E-state index contributed by atoms with van der Waals surface area (Å²) in [5.41, 5.74) is 1.98. The Morgan fingerprint density at radius 3 is 2.63 bits per heavy atom. The summed E-state index contributed by atoms with van der Waals surface area (Å²) in [4.78, 5) is 12.9. The van der Waals surface area contributed by atoms with Crippen LogP contribution in [0.5, 0.6) is 5.75 Å². The molecule has 6 nitrogen and oxygen atoms in total. The number of rotatable bonds is 6. The minimum atomic E-state index is -1.10. The maximum atomic E-state index is 12.0. The van der Waals surface area contributed by atoms with Crippen molar-refractivity contribution in [2.24, 2.45) is 4.36 Å². The molecule has 1 N–H and O–H groups in total. The number of carboxylic acids is 1. The van der Waals surface area contributed by atoms with Crippen molar-refractivity contribution in [3.8, 4) is 23.1 Å². The van der Waals surface area contributed by atoms with Gasteiger partial charge in [-0.25, -0.2) is 4.79 Å². The summed E-state index contributed by atoms with van der Waals surface area (Å²) in [6, 6.07) is 14.6. The molecule has 0 radical (unpaired) electrons. The van der Waals surface area contributed by atoms with Gasteiger partial charge in [0.25, 0.3) is 0 Å². The fraction of sp³-hybridized carbons (Fsp3) is 0.100. The Bertz CT molecular complexity index is 1020. The number of carboxylic acid groups (broad SMARTS) is 1. The molecule has 0 saturated carbocycles. The Balaban J connectivity index is 2.12. The van der Waals surface area contributed by atoms with E-state index < -0.39 is 16.7 Å². The fourth-order valence-corrected chi connectivity index (χ4v) is 4.22. The second-order valence-corrected chi connectivity index (χ2v) is 7.18. The van der Waals surface area contributed by atoms with E-state index in [1.54, 1.807) is 18.2 Å². The van der Waals surface area contributed by atoms with Crippen LogP contribution in [-0.4, -0.2) is 18.2 Å². The first-order valence-electron chi connectivity index (χ1n) is 7.97. The monoisotopic (exact) mass is 380 g/mol. The summed E-state index contributed by atoms with van der Waals surface area (Å²) in [7, 11) is 0.643. The first-order valence-corrected chi connectivity index (χ1v) is 9.32. The van der Waals surface area contributed by atoms with Crippen LogP contribution < -0.4 is 4.74 Å². The molecule has 0 amide bonds. The third kappa shape index (κ3) is 3.91. The molecule has 0 aliphatic rings. The molecule has 2 aromatic carbocycles. The molecule has 0 spiro atoms. The highest BCUT2D eigenvalue weighted by atomic mass is 32.2. The van der Waals surface area contributed by atoms with E-state index >= 15 is 0 Å². The van der Waals surface area contributed by atoms with Crippen molar-refractivity contribution in [2.75, 3.05) is 7.11 Å². The number of carbonyl (C=O) groups is 1. The van der Waals surface area contributed by atoms with Crippen molar-refractivity contribution >= 4 is 16.7 Å². The molecule has 7 heteroatoms. The van der Waals surface area contributed by atoms with Gasteiger partial charge in [-0.05, 0) is 34.5 Å². The molecule has 0 aliphatic heterocycles. The summed E-state index contributed by atoms with van der Waals surface area (Å²) in [6.07, 6.45) is 4.89. The standard InChI is InChI=1S/C20H16N2O4S/c1-25-19-17(14-9-10-26-11-14)8-7-15(18(19)20(23)24)12-27(22-13-21)16-5-3-2-4-6-16/h2-11H,12H2,1H3,(H,23,24). The molecule has 136 valence electrons. The van der Waals surface area contributed by atoms with Gasteiger partial charge in [-0.3, -0.25) is 0 Å². The molecule has 1 unspecified atom stereocenters. The number of ether oxygens (including phenoxy) is 1. The lowest BCUT2D eigenvalue weighted by Crippen LogP contribution is -2.09. The Kier molecular flexibility index (Phi) is 5.69. The van der Waals surface area contributed by atoms with Crippen LogP contribution in [0.2, 0.25) is 0 Å². The van der Waals surface area contributed by atoms with Gasteiger partial charge in [0, 0.05) is 21.8 Å². The second-order valence-electron chi connectivity index (χ2n) is 5.51. The topological polar surface area (TPSA) is 95.8 Å². The van der Waals surface area contributed by atoms with Gasteiger partial charge in [0.1, 0.15) is 11.3 Å². The van der Waals surface area contributed by atoms with Crippen molar-refractivity contribution in [3.05, 3.63) is 72.2 Å². The average Bonchev–Trinajstić information content (AvgIpc) is 3.22. The fourth-order valence-electron chi connectivity index (χ4n) is 2.78. The normalized spacial score (nSPS) is 11.7. The predicted molar refractivity (Wildman–Crippen MR) is 101 cm³/mol. The zero-order valence-electron chi connectivity index (χ0n) is 14.5. The molecule has 1 atom stereocenters. The van der Waals surface area contributed by atoms with E-state index in [-0.39, 0.29) is 11.3 Å². The Morgan fingerprint density at radius 1 is 1.26 bits per heavy atom. The van der Waals surface area contributed by atoms with Gasteiger partial charge in [-0.1, -0.05) is 30.3 Å². The van der Waals surface area contributed by atoms with Crippen LogP contribution in [0, 0.1) is 11.5 Å². The van der Waals surface area contributed by atoms with E-state index in [2.05, 4.69) is 4.36 Å². The lowest BCUT2D eigenvalue weighted by molar-refractivity contribution is 0.0692. The van der Waals surface area contributed by atoms with Crippen LogP contribution in [0.25, 0.3) is 11.1 Å². The number of aromatic carboxylic acids is 1. The second kappa shape index (κ2) is 8.34. The first kappa shape index (κ1) is 18.4. The van der Waals surface area contributed by atoms with Crippen LogP contribution in [0.15, 0.2) is 74.7 Å². The van der Waals surface area contributed by atoms with Crippen LogP contribution >= 0.6 is 0 Å². The smallest absolute Gasteiger partial charge is 0.339 e. The maximum Gasteiger partial charge on any atom is 0.339 e. The van der Waals surface area contributed by atoms with Gasteiger partial charge in [-0.2, -0.15) is 5.26 Å². The largest absolute Gasteiger partial charge is 0.495 e. The van der Waals surface area contributed by atoms with Crippen LogP contribution in [0.4, 0.5) is 0 Å². The van der Waals surface area contributed by atoms with E-state index in [9.17, 15) is 9.90 Å². The van der Waals surface area contributed by atoms with Gasteiger partial charge >= 0.3 is 5.97 Å². The number of hydrogen-bond acceptors (Lipinski definition) is 5. The summed E-state index contributed by atoms with van der Waals surface area (Å²) in [6.45, 7) is 0. The molecular formula is C20H16N2O4S. The van der Waals surface area contributed by atoms with Crippen molar-refractivity contribution in [3.63, 3.8) is 0 Å². The molecule has 3 aromatic rings. The summed E-state index contributed by atoms with van der Waals surface area (Å²) < 4.78 is 14.5. The molecule has 1 heterocycles. The van der Waals surface area contributed by atoms with Crippen LogP contribution in [0.3, 0.4) is 0 Å². The molecule has 3 rings (SSSR count). The Morgan fingerprint density at radius 2 is 2.04 bits per heavy atom. The number of methoxy groups -OCH3 is 1. The highest BCUT2D eigenvalue weighted by molar-refractivity contribution is 7.86. The van der Waals surface area contributed by atoms with E-state index in [4.69, 9.17) is 14.4 Å². The van der Waals surface area contributed by atoms with Crippen molar-refractivity contribution in [2.45, 2.75) is 10.6 Å². The van der Waals surface area contributed by atoms with Crippen LogP contribution in [-0.2, 0) is 16.4 Å². The van der Waals surface area contributed by atoms with E-state index in [1.807, 2.05) is 36.5 Å². The van der Waals surface area contributed by atoms with Crippen molar-refractivity contribution in [1.29, 1.82) is 5.26 Å². The summed E-state index contributed by atoms with van der Waals surface area (Å²) in [5.74, 6) is -0.544. The minimum Gasteiger partial charge on any atom is -0.495 e. The zero-order chi connectivity index (χ0) is 19.2. The number of hydrogen-bond donors (Lipinski definition) is 1. The molecule has 0 saturated heterocycles. The number of furan rings is 1. The van der Waals surface area contributed by atoms with E-state index in [0.717, 1.165) is 10.5 Å². The lowest BCUT2D eigenvalue weighted by atomic mass is 9.99. The van der Waals surface area contributed by atoms with Crippen LogP contribution in [0.1, 0.15) is 15.9 Å². The molecule has 0 fully saturated rings. The molecule has 0 bridgehead atoms. The maximum absolute atomic E-state index is 12.0. The number of nitrogens with zero attached hydrogens (tertiary/aromatic N) is 2. The number of benzene rings is 2. The molecule has 1 aromatic heterocycles. The third-order valence-corrected chi connectivity index (χ3v) is 5.66. The van der Waals surface area contributed by atoms with Gasteiger partial charge in [0.2, 0.25) is 6.19 Å². The lowest BCUT2D eigenvalue weighted by Gasteiger charge is -2.15. The summed E-state index contributed by atoms with van der Waals surface area (Å²) >= 11 is 0. The predicted octanol–water partition coefficient (Wildman–Crippen LogP) is 4.50. The van der Waals surface area contributed by atoms with Crippen molar-refractivity contribution < 1.29 is 19.1 Å². The molecule has 27 heavy (non-hydrogen) atoms. The first-order chi connectivity index (χ1) is 13.2. The Labute approximate surface area is 158 Å². The average molecular weight is 380 g/mol. The van der Waals surface area contributed by atoms with Gasteiger partial charge in [0.15, 0.2) is 0 Å². The quantitative estimate of drug-likeness (QED) is 0.635. The third-order valence-electron chi connectivity index (χ3n) is 3.95. The van der Waals surface area contributed by atoms with Crippen molar-refractivity contribution in [1.82, 2.24) is 0 Å². The molecule has 0 aliphatic carbocycles. The van der Waals surface area contributed by atoms with Gasteiger partial charge < -0.3 is 14.3 Å². The SMILES string of the molecule is COc1c(-c2ccoc2)ccc(CS(=NC#N)c2ccccc2)c1C(=O)O. The van der Waals surface area contributed by atoms with E-state index in [1.165, 1.54) is 19.6 Å².